The standard InChI is InChI=1S/C41H62N2O6S/c1-24(2)33-27(44)18-41(30(45)22-42-20-25-21-43-23-50-25)17-16-39(8)26(34(33)41)10-11-29-38(7)14-13-31(49-32(46)19-36(3,4)35(47)48)37(5,6)28(38)12-15-40(29,39)9/h21,23-24,26,28-31,42,45H,10-20,22H2,1-9H3,(H,47,48)/t26-,28+,29-,30+,31+,38+,39-,40-,41+/m1/s1. The maximum atomic E-state index is 14.0. The summed E-state index contributed by atoms with van der Waals surface area (Å²) in [5.41, 5.74) is 2.35. The molecule has 0 aromatic carbocycles. The molecule has 1 aromatic rings. The van der Waals surface area contributed by atoms with Gasteiger partial charge in [0.1, 0.15) is 6.10 Å². The van der Waals surface area contributed by atoms with Crippen LogP contribution in [0.15, 0.2) is 22.9 Å². The fourth-order valence-corrected chi connectivity index (χ4v) is 13.3. The lowest BCUT2D eigenvalue weighted by Crippen LogP contribution is -2.66. The van der Waals surface area contributed by atoms with Crippen molar-refractivity contribution in [1.29, 1.82) is 0 Å². The number of carboxylic acids is 1. The minimum absolute atomic E-state index is 0.000845. The summed E-state index contributed by atoms with van der Waals surface area (Å²) in [6.45, 7) is 20.8. The highest BCUT2D eigenvalue weighted by atomic mass is 32.1. The third-order valence-corrected chi connectivity index (χ3v) is 16.4. The van der Waals surface area contributed by atoms with Gasteiger partial charge in [-0.3, -0.25) is 19.4 Å². The van der Waals surface area contributed by atoms with Gasteiger partial charge in [0.05, 0.1) is 23.5 Å². The molecule has 3 N–H and O–H groups in total. The monoisotopic (exact) mass is 710 g/mol. The second-order valence-corrected chi connectivity index (χ2v) is 20.1. The van der Waals surface area contributed by atoms with Crippen LogP contribution in [0.5, 0.6) is 0 Å². The Kier molecular flexibility index (Phi) is 9.63. The molecule has 0 amide bonds. The first-order valence-electron chi connectivity index (χ1n) is 19.2. The summed E-state index contributed by atoms with van der Waals surface area (Å²) >= 11 is 1.61. The van der Waals surface area contributed by atoms with Gasteiger partial charge in [-0.05, 0) is 111 Å². The Bertz CT molecular complexity index is 1530. The van der Waals surface area contributed by atoms with Crippen LogP contribution in [0.25, 0.3) is 0 Å². The Hall–Kier alpha value is -2.10. The van der Waals surface area contributed by atoms with Gasteiger partial charge in [-0.15, -0.1) is 11.3 Å². The molecule has 8 nitrogen and oxygen atoms in total. The normalized spacial score (nSPS) is 38.6. The number of nitrogens with one attached hydrogen (secondary N) is 1. The highest BCUT2D eigenvalue weighted by Gasteiger charge is 2.70. The molecule has 278 valence electrons. The van der Waals surface area contributed by atoms with Gasteiger partial charge in [-0.25, -0.2) is 0 Å². The molecular weight excluding hydrogens is 649 g/mol. The lowest BCUT2D eigenvalue weighted by Gasteiger charge is -2.72. The number of aromatic nitrogens is 1. The summed E-state index contributed by atoms with van der Waals surface area (Å²) in [7, 11) is 0. The molecule has 4 fully saturated rings. The minimum Gasteiger partial charge on any atom is -0.481 e. The molecule has 9 heteroatoms. The molecule has 6 rings (SSSR count). The number of ether oxygens (including phenoxy) is 1. The zero-order chi connectivity index (χ0) is 36.7. The number of hydrogen-bond donors (Lipinski definition) is 3. The Balaban J connectivity index is 1.27. The van der Waals surface area contributed by atoms with Crippen LogP contribution in [0.4, 0.5) is 0 Å². The number of thiazole rings is 1. The van der Waals surface area contributed by atoms with E-state index in [-0.39, 0.29) is 51.8 Å². The number of fused-ring (bicyclic) bond motifs is 7. The number of nitrogens with zero attached hydrogens (tertiary/aromatic N) is 1. The maximum Gasteiger partial charge on any atom is 0.309 e. The first kappa shape index (κ1) is 37.7. The first-order chi connectivity index (χ1) is 23.2. The van der Waals surface area contributed by atoms with Gasteiger partial charge in [-0.1, -0.05) is 54.0 Å². The van der Waals surface area contributed by atoms with Gasteiger partial charge in [0.15, 0.2) is 5.78 Å². The molecule has 1 heterocycles. The number of aliphatic carboxylic acids is 1. The Morgan fingerprint density at radius 3 is 2.38 bits per heavy atom. The average molecular weight is 711 g/mol. The second-order valence-electron chi connectivity index (χ2n) is 19.2. The van der Waals surface area contributed by atoms with E-state index in [0.717, 1.165) is 61.8 Å². The van der Waals surface area contributed by atoms with Crippen molar-refractivity contribution in [2.75, 3.05) is 6.54 Å². The number of carbonyl (C=O) groups excluding carboxylic acids is 2. The van der Waals surface area contributed by atoms with E-state index in [1.165, 1.54) is 5.57 Å². The van der Waals surface area contributed by atoms with Crippen LogP contribution in [0.1, 0.15) is 131 Å². The van der Waals surface area contributed by atoms with Crippen LogP contribution in [-0.2, 0) is 25.7 Å². The highest BCUT2D eigenvalue weighted by molar-refractivity contribution is 7.09. The average Bonchev–Trinajstić information content (AvgIpc) is 3.64. The minimum atomic E-state index is -1.16. The molecule has 4 saturated carbocycles. The molecule has 0 unspecified atom stereocenters. The van der Waals surface area contributed by atoms with Gasteiger partial charge >= 0.3 is 11.9 Å². The zero-order valence-electron chi connectivity index (χ0n) is 32.0. The number of ketones is 1. The van der Waals surface area contributed by atoms with E-state index in [2.05, 4.69) is 58.8 Å². The van der Waals surface area contributed by atoms with Crippen molar-refractivity contribution in [2.45, 2.75) is 145 Å². The van der Waals surface area contributed by atoms with Crippen molar-refractivity contribution in [3.05, 3.63) is 27.7 Å². The third kappa shape index (κ3) is 5.66. The summed E-state index contributed by atoms with van der Waals surface area (Å²) in [4.78, 5) is 44.1. The zero-order valence-corrected chi connectivity index (χ0v) is 32.8. The molecule has 0 bridgehead atoms. The van der Waals surface area contributed by atoms with Gasteiger partial charge in [0.25, 0.3) is 0 Å². The predicted molar refractivity (Wildman–Crippen MR) is 195 cm³/mol. The fraction of sp³-hybridized carbons (Fsp3) is 0.805. The summed E-state index contributed by atoms with van der Waals surface area (Å²) in [6.07, 6.45) is 9.16. The first-order valence-corrected chi connectivity index (χ1v) is 20.1. The van der Waals surface area contributed by atoms with Crippen LogP contribution in [0.2, 0.25) is 0 Å². The number of carboxylic acid groups (broad SMARTS) is 1. The number of carbonyl (C=O) groups is 3. The Morgan fingerprint density at radius 1 is 1.02 bits per heavy atom. The van der Waals surface area contributed by atoms with E-state index in [9.17, 15) is 24.6 Å². The van der Waals surface area contributed by atoms with Gasteiger partial charge in [0.2, 0.25) is 0 Å². The number of aliphatic hydroxyl groups is 1. The van der Waals surface area contributed by atoms with E-state index in [1.807, 2.05) is 11.7 Å². The summed E-state index contributed by atoms with van der Waals surface area (Å²) < 4.78 is 6.16. The SMILES string of the molecule is CC(C)C1=C2[C@H]3CC[C@@H]4[C@@]5(C)CC[C@H](OC(=O)CC(C)(C)C(=O)O)C(C)(C)[C@@H]5CC[C@@]4(C)[C@]3(C)CC[C@@]2([C@@H](O)CNCc2cncs2)CC1=O. The van der Waals surface area contributed by atoms with Gasteiger partial charge < -0.3 is 20.3 Å². The highest BCUT2D eigenvalue weighted by Crippen LogP contribution is 2.77. The van der Waals surface area contributed by atoms with E-state index in [4.69, 9.17) is 4.74 Å². The van der Waals surface area contributed by atoms with E-state index < -0.39 is 28.9 Å². The molecular formula is C41H62N2O6S. The smallest absolute Gasteiger partial charge is 0.309 e. The van der Waals surface area contributed by atoms with E-state index in [0.29, 0.717) is 31.3 Å². The van der Waals surface area contributed by atoms with Crippen molar-refractivity contribution in [2.24, 2.45) is 56.2 Å². The number of aliphatic hydroxyl groups excluding tert-OH is 1. The van der Waals surface area contributed by atoms with E-state index >= 15 is 0 Å². The summed E-state index contributed by atoms with van der Waals surface area (Å²) in [5.74, 6) is 0.0929. The largest absolute Gasteiger partial charge is 0.481 e. The number of esters is 1. The maximum absolute atomic E-state index is 14.0. The van der Waals surface area contributed by atoms with Crippen molar-refractivity contribution >= 4 is 29.1 Å². The van der Waals surface area contributed by atoms with E-state index in [1.54, 1.807) is 25.2 Å². The van der Waals surface area contributed by atoms with Crippen molar-refractivity contribution in [1.82, 2.24) is 10.3 Å². The van der Waals surface area contributed by atoms with Gasteiger partial charge in [-0.2, -0.15) is 0 Å². The van der Waals surface area contributed by atoms with Crippen molar-refractivity contribution in [3.63, 3.8) is 0 Å². The van der Waals surface area contributed by atoms with Crippen molar-refractivity contribution in [3.8, 4) is 0 Å². The summed E-state index contributed by atoms with van der Waals surface area (Å²) in [5, 5.41) is 25.1. The Labute approximate surface area is 303 Å². The number of hydrogen-bond acceptors (Lipinski definition) is 8. The molecule has 0 radical (unpaired) electrons. The molecule has 0 spiro atoms. The molecule has 1 aromatic heterocycles. The quantitative estimate of drug-likeness (QED) is 0.209. The number of Topliss-reactive ketones (excluding diaryl/α,β-unsaturated/α-hetero) is 1. The fourth-order valence-electron chi connectivity index (χ4n) is 12.8. The van der Waals surface area contributed by atoms with Crippen LogP contribution < -0.4 is 5.32 Å². The van der Waals surface area contributed by atoms with Crippen LogP contribution in [0, 0.1) is 56.2 Å². The van der Waals surface area contributed by atoms with Crippen LogP contribution >= 0.6 is 11.3 Å². The van der Waals surface area contributed by atoms with Crippen LogP contribution in [0.3, 0.4) is 0 Å². The molecule has 5 aliphatic carbocycles. The van der Waals surface area contributed by atoms with Gasteiger partial charge in [0, 0.05) is 41.4 Å². The van der Waals surface area contributed by atoms with Crippen molar-refractivity contribution < 1.29 is 29.3 Å². The molecule has 0 saturated heterocycles. The molecule has 50 heavy (non-hydrogen) atoms. The second kappa shape index (κ2) is 12.8. The predicted octanol–water partition coefficient (Wildman–Crippen LogP) is 7.99. The number of rotatable bonds is 10. The summed E-state index contributed by atoms with van der Waals surface area (Å²) in [6, 6.07) is 0. The molecule has 0 aliphatic heterocycles. The molecule has 9 atom stereocenters. The topological polar surface area (TPSA) is 126 Å². The Morgan fingerprint density at radius 2 is 1.74 bits per heavy atom. The number of allylic oxidation sites excluding steroid dienone is 1. The molecule has 5 aliphatic rings. The van der Waals surface area contributed by atoms with Crippen LogP contribution in [-0.4, -0.2) is 51.7 Å². The lowest BCUT2D eigenvalue weighted by atomic mass is 9.33. The third-order valence-electron chi connectivity index (χ3n) is 15.6. The lowest BCUT2D eigenvalue weighted by molar-refractivity contribution is -0.235.